The predicted octanol–water partition coefficient (Wildman–Crippen LogP) is 1.50. The molecule has 2 unspecified atom stereocenters. The minimum Gasteiger partial charge on any atom is -0.481 e. The van der Waals surface area contributed by atoms with Gasteiger partial charge in [-0.25, -0.2) is 0 Å². The number of ketones is 1. The van der Waals surface area contributed by atoms with Gasteiger partial charge in [0.25, 0.3) is 17.5 Å². The molecule has 2 aromatic carbocycles. The van der Waals surface area contributed by atoms with E-state index in [9.17, 15) is 38.9 Å². The number of primary amides is 2. The average Bonchev–Trinajstić information content (AvgIpc) is 3.48. The first kappa shape index (κ1) is 33.2. The highest BCUT2D eigenvalue weighted by Gasteiger charge is 2.47. The third-order valence-corrected chi connectivity index (χ3v) is 8.19. The lowest BCUT2D eigenvalue weighted by Gasteiger charge is -2.35. The fourth-order valence-corrected chi connectivity index (χ4v) is 5.19. The Balaban J connectivity index is 0.000000241. The van der Waals surface area contributed by atoms with Gasteiger partial charge in [-0.2, -0.15) is 0 Å². The molecule has 234 valence electrons. The molecule has 0 saturated carbocycles. The normalized spacial score (nSPS) is 16.2. The summed E-state index contributed by atoms with van der Waals surface area (Å²) in [6, 6.07) is 9.19. The van der Waals surface area contributed by atoms with E-state index in [1.54, 1.807) is 18.2 Å². The van der Waals surface area contributed by atoms with E-state index in [4.69, 9.17) is 22.3 Å². The molecule has 0 radical (unpaired) electrons. The maximum Gasteiger partial charge on any atom is 0.303 e. The highest BCUT2D eigenvalue weighted by atomic mass is 16.6. The summed E-state index contributed by atoms with van der Waals surface area (Å²) in [6.07, 6.45) is -0.140. The van der Waals surface area contributed by atoms with Crippen LogP contribution in [0.3, 0.4) is 0 Å². The Bertz CT molecular complexity index is 1570. The molecule has 15 heteroatoms. The quantitative estimate of drug-likeness (QED) is 0.162. The van der Waals surface area contributed by atoms with Gasteiger partial charge in [-0.1, -0.05) is 12.1 Å². The van der Waals surface area contributed by atoms with E-state index in [1.807, 2.05) is 0 Å². The third kappa shape index (κ3) is 6.21. The maximum absolute atomic E-state index is 12.6. The molecule has 0 saturated heterocycles. The van der Waals surface area contributed by atoms with E-state index in [2.05, 4.69) is 0 Å². The Kier molecular flexibility index (Phi) is 9.41. The van der Waals surface area contributed by atoms with E-state index < -0.39 is 39.7 Å². The summed E-state index contributed by atoms with van der Waals surface area (Å²) < 4.78 is 0. The zero-order valence-corrected chi connectivity index (χ0v) is 24.5. The van der Waals surface area contributed by atoms with Crippen LogP contribution in [0.4, 0.5) is 11.4 Å². The molecule has 2 aliphatic heterocycles. The second-order valence-corrected chi connectivity index (χ2v) is 11.1. The number of carbonyl (C=O) groups is 6. The summed E-state index contributed by atoms with van der Waals surface area (Å²) >= 11 is 0. The number of amides is 4. The van der Waals surface area contributed by atoms with Crippen LogP contribution >= 0.6 is 0 Å². The second-order valence-electron chi connectivity index (χ2n) is 11.1. The molecule has 4 rings (SSSR count). The van der Waals surface area contributed by atoms with E-state index in [1.165, 1.54) is 48.8 Å². The molecule has 15 nitrogen and oxygen atoms in total. The standard InChI is InChI=1S/C15H17N3O5.C14H17N3O4/c1-9(19)6-7-15(2,14(16)21)17-8-11-10(13(17)20)4-3-5-12(11)18(22)23;1-14(13(16)21,6-5-11(18)19)17-7-9-8(12(17)20)3-2-4-10(9)15/h3-5H,6-8H2,1-2H3,(H2,16,21);2-4H,5-7,15H2,1H3,(H2,16,21)(H,18,19). The Morgan fingerprint density at radius 2 is 1.32 bits per heavy atom. The van der Waals surface area contributed by atoms with Crippen LogP contribution in [0.2, 0.25) is 0 Å². The molecule has 2 heterocycles. The van der Waals surface area contributed by atoms with Crippen LogP contribution < -0.4 is 17.2 Å². The number of carboxylic acids is 1. The van der Waals surface area contributed by atoms with Crippen molar-refractivity contribution in [3.8, 4) is 0 Å². The number of fused-ring (bicyclic) bond motifs is 2. The SMILES string of the molecule is CC(=O)CCC(C)(C(N)=O)N1Cc2c(cccc2[N+](=O)[O-])C1=O.CC(CCC(=O)O)(C(N)=O)N1Cc2c(N)cccc2C1=O. The van der Waals surface area contributed by atoms with Crippen molar-refractivity contribution >= 4 is 46.8 Å². The van der Waals surface area contributed by atoms with Gasteiger partial charge >= 0.3 is 5.97 Å². The highest BCUT2D eigenvalue weighted by Crippen LogP contribution is 2.37. The summed E-state index contributed by atoms with van der Waals surface area (Å²) in [5.74, 6) is -3.51. The fraction of sp³-hybridized carbons (Fsp3) is 0.379. The number of carboxylic acid groups (broad SMARTS) is 1. The van der Waals surface area contributed by atoms with Gasteiger partial charge in [0, 0.05) is 42.3 Å². The topological polar surface area (TPSA) is 250 Å². The van der Waals surface area contributed by atoms with Gasteiger partial charge in [-0.15, -0.1) is 0 Å². The number of benzene rings is 2. The average molecular weight is 611 g/mol. The number of hydrogen-bond acceptors (Lipinski definition) is 9. The van der Waals surface area contributed by atoms with Crippen LogP contribution in [0.1, 0.15) is 78.3 Å². The number of rotatable bonds is 11. The number of hydrogen-bond donors (Lipinski definition) is 4. The number of nitrogen functional groups attached to an aromatic ring is 1. The Morgan fingerprint density at radius 3 is 1.75 bits per heavy atom. The summed E-state index contributed by atoms with van der Waals surface area (Å²) in [6.45, 7) is 4.42. The summed E-state index contributed by atoms with van der Waals surface area (Å²) in [4.78, 5) is 83.8. The Labute approximate surface area is 252 Å². The van der Waals surface area contributed by atoms with Gasteiger partial charge in [0.2, 0.25) is 11.8 Å². The van der Waals surface area contributed by atoms with Crippen LogP contribution in [0.25, 0.3) is 0 Å². The number of nitro groups is 1. The number of nitro benzene ring substituents is 1. The fourth-order valence-electron chi connectivity index (χ4n) is 5.19. The lowest BCUT2D eigenvalue weighted by atomic mass is 9.91. The molecule has 4 amide bonds. The van der Waals surface area contributed by atoms with Crippen LogP contribution in [0, 0.1) is 10.1 Å². The van der Waals surface area contributed by atoms with Crippen molar-refractivity contribution in [1.82, 2.24) is 9.80 Å². The second kappa shape index (κ2) is 12.5. The minimum absolute atomic E-state index is 0.0443. The zero-order valence-electron chi connectivity index (χ0n) is 24.5. The van der Waals surface area contributed by atoms with E-state index in [-0.39, 0.29) is 67.3 Å². The number of Topliss-reactive ketones (excluding diaryl/α,β-unsaturated/α-hetero) is 1. The van der Waals surface area contributed by atoms with Crippen molar-refractivity contribution in [2.24, 2.45) is 11.5 Å². The molecule has 2 aromatic rings. The van der Waals surface area contributed by atoms with Gasteiger partial charge in [-0.3, -0.25) is 34.1 Å². The molecule has 0 aromatic heterocycles. The van der Waals surface area contributed by atoms with Crippen molar-refractivity contribution in [3.05, 3.63) is 68.8 Å². The molecule has 2 atom stereocenters. The number of aliphatic carboxylic acids is 1. The van der Waals surface area contributed by atoms with Crippen LogP contribution in [0.15, 0.2) is 36.4 Å². The molecule has 2 aliphatic rings. The molecule has 44 heavy (non-hydrogen) atoms. The van der Waals surface area contributed by atoms with E-state index in [0.29, 0.717) is 16.8 Å². The molecular weight excluding hydrogens is 576 g/mol. The van der Waals surface area contributed by atoms with E-state index >= 15 is 0 Å². The summed E-state index contributed by atoms with van der Waals surface area (Å²) in [5, 5.41) is 19.9. The van der Waals surface area contributed by atoms with Crippen LogP contribution in [-0.4, -0.2) is 66.3 Å². The lowest BCUT2D eigenvalue weighted by Crippen LogP contribution is -2.55. The number of carbonyl (C=O) groups excluding carboxylic acids is 5. The van der Waals surface area contributed by atoms with Gasteiger partial charge in [0.1, 0.15) is 16.9 Å². The summed E-state index contributed by atoms with van der Waals surface area (Å²) in [5.41, 5.74) is 15.8. The number of anilines is 1. The minimum atomic E-state index is -1.38. The van der Waals surface area contributed by atoms with Crippen molar-refractivity contribution < 1.29 is 38.8 Å². The van der Waals surface area contributed by atoms with Gasteiger partial charge in [0.05, 0.1) is 22.6 Å². The van der Waals surface area contributed by atoms with Crippen molar-refractivity contribution in [1.29, 1.82) is 0 Å². The predicted molar refractivity (Wildman–Crippen MR) is 156 cm³/mol. The van der Waals surface area contributed by atoms with E-state index in [0.717, 1.165) is 0 Å². The summed E-state index contributed by atoms with van der Waals surface area (Å²) in [7, 11) is 0. The molecule has 7 N–H and O–H groups in total. The molecule has 0 spiro atoms. The van der Waals surface area contributed by atoms with Crippen molar-refractivity contribution in [2.45, 2.75) is 70.6 Å². The Hall–Kier alpha value is -5.34. The Morgan fingerprint density at radius 1 is 0.864 bits per heavy atom. The first-order valence-electron chi connectivity index (χ1n) is 13.5. The zero-order chi connectivity index (χ0) is 33.1. The first-order chi connectivity index (χ1) is 20.4. The monoisotopic (exact) mass is 610 g/mol. The third-order valence-electron chi connectivity index (χ3n) is 8.19. The largest absolute Gasteiger partial charge is 0.481 e. The highest BCUT2D eigenvalue weighted by molar-refractivity contribution is 6.04. The first-order valence-corrected chi connectivity index (χ1v) is 13.5. The lowest BCUT2D eigenvalue weighted by molar-refractivity contribution is -0.385. The molecule has 0 fully saturated rings. The van der Waals surface area contributed by atoms with Crippen LogP contribution in [0.5, 0.6) is 0 Å². The van der Waals surface area contributed by atoms with Gasteiger partial charge < -0.3 is 36.9 Å². The molecule has 0 bridgehead atoms. The van der Waals surface area contributed by atoms with Gasteiger partial charge in [-0.05, 0) is 51.8 Å². The van der Waals surface area contributed by atoms with Gasteiger partial charge in [0.15, 0.2) is 0 Å². The smallest absolute Gasteiger partial charge is 0.303 e. The maximum atomic E-state index is 12.6. The van der Waals surface area contributed by atoms with Crippen molar-refractivity contribution in [2.75, 3.05) is 5.73 Å². The molecule has 0 aliphatic carbocycles. The molecular formula is C29H34N6O9. The van der Waals surface area contributed by atoms with Crippen LogP contribution in [-0.2, 0) is 32.3 Å². The number of nitrogens with zero attached hydrogens (tertiary/aromatic N) is 3. The number of nitrogens with two attached hydrogens (primary N) is 3. The van der Waals surface area contributed by atoms with Crippen molar-refractivity contribution in [3.63, 3.8) is 0 Å².